The van der Waals surface area contributed by atoms with Gasteiger partial charge in [-0.3, -0.25) is 19.9 Å². The molecule has 0 saturated heterocycles. The summed E-state index contributed by atoms with van der Waals surface area (Å²) in [4.78, 5) is 31.0. The standard InChI is InChI=1S/C31H26N2.C26H19N5.2C2H6/c1-22(2)29-17-30(25-9-3-7-23(15-25)27-11-5-13-32-20-27)19-31(18-29)26-10-4-8-24(16-26)28-12-6-14-33-21-28;1-18-29-25(21-8-2-6-19(14-21)23-10-4-12-27-16-23)31-26(30-18)22-9-3-7-20(15-22)24-11-5-13-28-17-24;2*1-2/h3-22H,1-2H3;2-17H,1H3;2*1-2H3. The third-order valence-electron chi connectivity index (χ3n) is 11.0. The summed E-state index contributed by atoms with van der Waals surface area (Å²) in [6, 6.07) is 56.9. The van der Waals surface area contributed by atoms with Crippen molar-refractivity contribution in [1.29, 1.82) is 0 Å². The SMILES string of the molecule is CC.CC.CC(C)c1cc(-c2cccc(-c3cccnc3)c2)cc(-c2cccc(-c3cccnc3)c2)c1.Cc1nc(-c2cccc(-c3cccnc3)c2)nc(-c2cccc(-c3cccnc3)c2)n1. The molecule has 0 radical (unpaired) electrons. The minimum absolute atomic E-state index is 0.437. The Bertz CT molecular complexity index is 2940. The fourth-order valence-electron chi connectivity index (χ4n) is 7.62. The van der Waals surface area contributed by atoms with E-state index in [9.17, 15) is 0 Å². The van der Waals surface area contributed by atoms with E-state index in [-0.39, 0.29) is 0 Å². The van der Waals surface area contributed by atoms with E-state index in [1.54, 1.807) is 12.4 Å². The maximum Gasteiger partial charge on any atom is 0.163 e. The molecule has 0 atom stereocenters. The molecule has 7 heteroatoms. The molecule has 0 amide bonds. The van der Waals surface area contributed by atoms with Crippen LogP contribution in [0.5, 0.6) is 0 Å². The second kappa shape index (κ2) is 23.8. The minimum atomic E-state index is 0.437. The normalized spacial score (nSPS) is 10.4. The number of aromatic nitrogens is 7. The fourth-order valence-corrected chi connectivity index (χ4v) is 7.62. The first-order chi connectivity index (χ1) is 33.4. The van der Waals surface area contributed by atoms with Crippen molar-refractivity contribution in [2.45, 2.75) is 54.4 Å². The van der Waals surface area contributed by atoms with Crippen molar-refractivity contribution >= 4 is 0 Å². The molecule has 0 spiro atoms. The van der Waals surface area contributed by atoms with Crippen molar-refractivity contribution in [1.82, 2.24) is 34.9 Å². The van der Waals surface area contributed by atoms with E-state index >= 15 is 0 Å². The highest BCUT2D eigenvalue weighted by molar-refractivity contribution is 5.80. The van der Waals surface area contributed by atoms with Gasteiger partial charge in [0.2, 0.25) is 0 Å². The molecule has 68 heavy (non-hydrogen) atoms. The van der Waals surface area contributed by atoms with E-state index in [2.05, 4.69) is 147 Å². The van der Waals surface area contributed by atoms with Crippen molar-refractivity contribution < 1.29 is 0 Å². The summed E-state index contributed by atoms with van der Waals surface area (Å²) in [5, 5.41) is 0. The van der Waals surface area contributed by atoms with E-state index in [1.165, 1.54) is 38.9 Å². The van der Waals surface area contributed by atoms with Crippen LogP contribution in [0.3, 0.4) is 0 Å². The van der Waals surface area contributed by atoms with Gasteiger partial charge < -0.3 is 0 Å². The van der Waals surface area contributed by atoms with Crippen LogP contribution in [0.25, 0.3) is 89.5 Å². The second-order valence-corrected chi connectivity index (χ2v) is 15.8. The quantitative estimate of drug-likeness (QED) is 0.143. The monoisotopic (exact) mass is 887 g/mol. The highest BCUT2D eigenvalue weighted by Crippen LogP contribution is 2.35. The number of hydrogen-bond donors (Lipinski definition) is 0. The molecule has 10 rings (SSSR count). The molecule has 7 nitrogen and oxygen atoms in total. The molecule has 0 aliphatic rings. The Morgan fingerprint density at radius 3 is 0.853 bits per heavy atom. The lowest BCUT2D eigenvalue weighted by Gasteiger charge is -2.14. The van der Waals surface area contributed by atoms with Gasteiger partial charge in [-0.15, -0.1) is 0 Å². The maximum atomic E-state index is 4.79. The third-order valence-corrected chi connectivity index (χ3v) is 11.0. The van der Waals surface area contributed by atoms with Gasteiger partial charge in [0.1, 0.15) is 5.82 Å². The number of hydrogen-bond acceptors (Lipinski definition) is 7. The van der Waals surface area contributed by atoms with E-state index in [0.29, 0.717) is 23.4 Å². The Morgan fingerprint density at radius 2 is 0.559 bits per heavy atom. The van der Waals surface area contributed by atoms with Crippen molar-refractivity contribution in [2.75, 3.05) is 0 Å². The van der Waals surface area contributed by atoms with Crippen LogP contribution in [0.4, 0.5) is 0 Å². The first kappa shape index (κ1) is 47.7. The maximum absolute atomic E-state index is 4.79. The van der Waals surface area contributed by atoms with Crippen LogP contribution in [0.1, 0.15) is 58.8 Å². The van der Waals surface area contributed by atoms with Gasteiger partial charge in [0.15, 0.2) is 11.6 Å². The van der Waals surface area contributed by atoms with Gasteiger partial charge in [0.05, 0.1) is 0 Å². The van der Waals surface area contributed by atoms with E-state index in [0.717, 1.165) is 44.5 Å². The van der Waals surface area contributed by atoms with Crippen LogP contribution in [0, 0.1) is 6.92 Å². The predicted octanol–water partition coefficient (Wildman–Crippen LogP) is 16.0. The zero-order valence-corrected chi connectivity index (χ0v) is 39.9. The molecule has 5 aromatic carbocycles. The van der Waals surface area contributed by atoms with Gasteiger partial charge in [0.25, 0.3) is 0 Å². The Morgan fingerprint density at radius 1 is 0.294 bits per heavy atom. The lowest BCUT2D eigenvalue weighted by Crippen LogP contribution is -1.99. The largest absolute Gasteiger partial charge is 0.264 e. The average Bonchev–Trinajstić information content (AvgIpc) is 3.43. The molecule has 0 bridgehead atoms. The summed E-state index contributed by atoms with van der Waals surface area (Å²) in [7, 11) is 0. The van der Waals surface area contributed by atoms with Gasteiger partial charge in [0, 0.05) is 83.0 Å². The van der Waals surface area contributed by atoms with Crippen LogP contribution in [0.2, 0.25) is 0 Å². The van der Waals surface area contributed by atoms with Crippen LogP contribution >= 0.6 is 0 Å². The molecule has 0 aliphatic heterocycles. The first-order valence-electron chi connectivity index (χ1n) is 23.3. The van der Waals surface area contributed by atoms with E-state index in [1.807, 2.05) is 132 Å². The van der Waals surface area contributed by atoms with Gasteiger partial charge in [-0.1, -0.05) is 151 Å². The summed E-state index contributed by atoms with van der Waals surface area (Å²) in [6.45, 7) is 14.4. The third kappa shape index (κ3) is 12.1. The van der Waals surface area contributed by atoms with Crippen LogP contribution < -0.4 is 0 Å². The zero-order chi connectivity index (χ0) is 47.7. The average molecular weight is 888 g/mol. The fraction of sp³-hybridized carbons (Fsp3) is 0.131. The Kier molecular flexibility index (Phi) is 16.7. The highest BCUT2D eigenvalue weighted by Gasteiger charge is 2.13. The lowest BCUT2D eigenvalue weighted by atomic mass is 9.90. The molecular formula is C61H57N7. The molecular weight excluding hydrogens is 831 g/mol. The minimum Gasteiger partial charge on any atom is -0.264 e. The molecule has 0 unspecified atom stereocenters. The van der Waals surface area contributed by atoms with E-state index in [4.69, 9.17) is 4.98 Å². The first-order valence-corrected chi connectivity index (χ1v) is 23.3. The van der Waals surface area contributed by atoms with Gasteiger partial charge in [-0.25, -0.2) is 15.0 Å². The van der Waals surface area contributed by atoms with Gasteiger partial charge in [-0.05, 0) is 118 Å². The number of benzene rings is 5. The lowest BCUT2D eigenvalue weighted by molar-refractivity contribution is 0.867. The molecule has 10 aromatic rings. The summed E-state index contributed by atoms with van der Waals surface area (Å²) < 4.78 is 0. The summed E-state index contributed by atoms with van der Waals surface area (Å²) in [5.74, 6) is 2.42. The molecule has 5 aromatic heterocycles. The number of nitrogens with zero attached hydrogens (tertiary/aromatic N) is 7. The Balaban J connectivity index is 0.000000188. The molecule has 0 N–H and O–H groups in total. The summed E-state index contributed by atoms with van der Waals surface area (Å²) >= 11 is 0. The smallest absolute Gasteiger partial charge is 0.163 e. The Hall–Kier alpha value is -8.29. The van der Waals surface area contributed by atoms with E-state index < -0.39 is 0 Å². The van der Waals surface area contributed by atoms with Crippen LogP contribution in [-0.4, -0.2) is 34.9 Å². The predicted molar refractivity (Wildman–Crippen MR) is 282 cm³/mol. The summed E-state index contributed by atoms with van der Waals surface area (Å²) in [6.07, 6.45) is 14.7. The zero-order valence-electron chi connectivity index (χ0n) is 39.9. The van der Waals surface area contributed by atoms with Gasteiger partial charge in [-0.2, -0.15) is 0 Å². The molecule has 336 valence electrons. The summed E-state index contributed by atoms with van der Waals surface area (Å²) in [5.41, 5.74) is 17.0. The van der Waals surface area contributed by atoms with Crippen molar-refractivity contribution in [2.24, 2.45) is 0 Å². The van der Waals surface area contributed by atoms with Crippen molar-refractivity contribution in [3.63, 3.8) is 0 Å². The van der Waals surface area contributed by atoms with Crippen LogP contribution in [0.15, 0.2) is 213 Å². The molecule has 0 aliphatic carbocycles. The molecule has 5 heterocycles. The van der Waals surface area contributed by atoms with Crippen molar-refractivity contribution in [3.05, 3.63) is 225 Å². The molecule has 0 saturated carbocycles. The number of rotatable bonds is 9. The number of pyridine rings is 4. The van der Waals surface area contributed by atoms with Crippen molar-refractivity contribution in [3.8, 4) is 89.5 Å². The van der Waals surface area contributed by atoms with Crippen LogP contribution in [-0.2, 0) is 0 Å². The second-order valence-electron chi connectivity index (χ2n) is 15.8. The topological polar surface area (TPSA) is 90.2 Å². The van der Waals surface area contributed by atoms with Gasteiger partial charge >= 0.3 is 0 Å². The number of aryl methyl sites for hydroxylation is 1. The Labute approximate surface area is 401 Å². The molecule has 0 fully saturated rings. The highest BCUT2D eigenvalue weighted by atomic mass is 15.0.